The summed E-state index contributed by atoms with van der Waals surface area (Å²) in [6.45, 7) is 1.94. The van der Waals surface area contributed by atoms with Crippen molar-refractivity contribution in [3.63, 3.8) is 0 Å². The van der Waals surface area contributed by atoms with Crippen molar-refractivity contribution in [2.75, 3.05) is 5.32 Å². The smallest absolute Gasteiger partial charge is 0.256 e. The highest BCUT2D eigenvalue weighted by atomic mass is 16.5. The van der Waals surface area contributed by atoms with Crippen LogP contribution in [0.3, 0.4) is 0 Å². The number of rotatable bonds is 4. The Hall–Kier alpha value is -3.21. The normalized spacial score (nSPS) is 10.1. The molecular formula is C18H15N3O2. The first-order chi connectivity index (χ1) is 11.2. The molecule has 5 nitrogen and oxygen atoms in total. The number of benzene rings is 1. The summed E-state index contributed by atoms with van der Waals surface area (Å²) >= 11 is 0. The molecule has 5 heteroatoms. The average Bonchev–Trinajstić information content (AvgIpc) is 2.56. The van der Waals surface area contributed by atoms with Crippen LogP contribution in [0.1, 0.15) is 15.9 Å². The lowest BCUT2D eigenvalue weighted by molar-refractivity contribution is 0.102. The summed E-state index contributed by atoms with van der Waals surface area (Å²) in [4.78, 5) is 20.5. The van der Waals surface area contributed by atoms with Crippen molar-refractivity contribution >= 4 is 11.7 Å². The van der Waals surface area contributed by atoms with E-state index >= 15 is 0 Å². The molecule has 114 valence electrons. The van der Waals surface area contributed by atoms with Gasteiger partial charge in [-0.05, 0) is 37.3 Å². The first-order valence-corrected chi connectivity index (χ1v) is 7.14. The van der Waals surface area contributed by atoms with E-state index in [2.05, 4.69) is 15.3 Å². The van der Waals surface area contributed by atoms with Crippen LogP contribution in [0.5, 0.6) is 11.6 Å². The number of ether oxygens (including phenoxy) is 1. The van der Waals surface area contributed by atoms with Gasteiger partial charge in [0.2, 0.25) is 5.88 Å². The van der Waals surface area contributed by atoms with E-state index in [1.165, 1.54) is 0 Å². The number of nitrogens with one attached hydrogen (secondary N) is 1. The number of pyridine rings is 2. The highest BCUT2D eigenvalue weighted by Crippen LogP contribution is 2.19. The number of amides is 1. The molecule has 3 aromatic rings. The molecule has 2 heterocycles. The van der Waals surface area contributed by atoms with Gasteiger partial charge in [0.05, 0.1) is 6.20 Å². The summed E-state index contributed by atoms with van der Waals surface area (Å²) in [6.07, 6.45) is 3.26. The van der Waals surface area contributed by atoms with Crippen LogP contribution < -0.4 is 10.1 Å². The molecule has 0 saturated heterocycles. The van der Waals surface area contributed by atoms with Gasteiger partial charge >= 0.3 is 0 Å². The van der Waals surface area contributed by atoms with Crippen LogP contribution in [0.2, 0.25) is 0 Å². The Kier molecular flexibility index (Phi) is 4.29. The second-order valence-electron chi connectivity index (χ2n) is 4.98. The van der Waals surface area contributed by atoms with Gasteiger partial charge in [-0.2, -0.15) is 4.98 Å². The fourth-order valence-corrected chi connectivity index (χ4v) is 2.04. The van der Waals surface area contributed by atoms with Gasteiger partial charge in [0.25, 0.3) is 5.91 Å². The Morgan fingerprint density at radius 2 is 1.96 bits per heavy atom. The number of nitrogens with zero attached hydrogens (tertiary/aromatic N) is 2. The van der Waals surface area contributed by atoms with Crippen molar-refractivity contribution in [3.8, 4) is 11.6 Å². The quantitative estimate of drug-likeness (QED) is 0.795. The number of aromatic nitrogens is 2. The molecule has 1 aromatic carbocycles. The predicted molar refractivity (Wildman–Crippen MR) is 87.7 cm³/mol. The van der Waals surface area contributed by atoms with E-state index in [1.54, 1.807) is 48.8 Å². The fourth-order valence-electron chi connectivity index (χ4n) is 2.04. The van der Waals surface area contributed by atoms with Gasteiger partial charge in [-0.15, -0.1) is 0 Å². The first kappa shape index (κ1) is 14.7. The summed E-state index contributed by atoms with van der Waals surface area (Å²) in [5, 5.41) is 2.77. The molecule has 2 aromatic heterocycles. The second-order valence-corrected chi connectivity index (χ2v) is 4.98. The van der Waals surface area contributed by atoms with Crippen molar-refractivity contribution in [3.05, 3.63) is 78.1 Å². The number of aryl methyl sites for hydroxylation is 1. The van der Waals surface area contributed by atoms with Crippen LogP contribution in [0.15, 0.2) is 67.0 Å². The molecule has 0 aliphatic heterocycles. The largest absolute Gasteiger partial charge is 0.437 e. The molecule has 0 unspecified atom stereocenters. The topological polar surface area (TPSA) is 64.1 Å². The van der Waals surface area contributed by atoms with E-state index in [4.69, 9.17) is 4.74 Å². The third kappa shape index (κ3) is 3.91. The van der Waals surface area contributed by atoms with E-state index in [9.17, 15) is 4.79 Å². The molecule has 0 atom stereocenters. The van der Waals surface area contributed by atoms with E-state index < -0.39 is 0 Å². The number of hydrogen-bond donors (Lipinski definition) is 1. The molecule has 0 aliphatic carbocycles. The minimum Gasteiger partial charge on any atom is -0.437 e. The molecule has 3 rings (SSSR count). The molecule has 0 aliphatic rings. The van der Waals surface area contributed by atoms with Crippen LogP contribution >= 0.6 is 0 Å². The molecule has 23 heavy (non-hydrogen) atoms. The van der Waals surface area contributed by atoms with E-state index in [0.29, 0.717) is 23.0 Å². The zero-order valence-corrected chi connectivity index (χ0v) is 12.6. The van der Waals surface area contributed by atoms with Gasteiger partial charge in [0.15, 0.2) is 0 Å². The summed E-state index contributed by atoms with van der Waals surface area (Å²) < 4.78 is 5.60. The summed E-state index contributed by atoms with van der Waals surface area (Å²) in [6, 6.07) is 16.1. The van der Waals surface area contributed by atoms with Crippen molar-refractivity contribution in [1.82, 2.24) is 9.97 Å². The summed E-state index contributed by atoms with van der Waals surface area (Å²) in [5.74, 6) is 1.19. The monoisotopic (exact) mass is 305 g/mol. The summed E-state index contributed by atoms with van der Waals surface area (Å²) in [7, 11) is 0. The third-order valence-electron chi connectivity index (χ3n) is 3.10. The first-order valence-electron chi connectivity index (χ1n) is 7.14. The van der Waals surface area contributed by atoms with Crippen LogP contribution in [0.25, 0.3) is 0 Å². The van der Waals surface area contributed by atoms with Crippen molar-refractivity contribution in [2.45, 2.75) is 6.92 Å². The highest BCUT2D eigenvalue weighted by Gasteiger charge is 2.08. The molecule has 0 spiro atoms. The van der Waals surface area contributed by atoms with Gasteiger partial charge in [0, 0.05) is 17.8 Å². The van der Waals surface area contributed by atoms with E-state index in [0.717, 1.165) is 5.56 Å². The minimum atomic E-state index is -0.209. The lowest BCUT2D eigenvalue weighted by atomic mass is 10.1. The SMILES string of the molecule is Cc1cccc(C(=O)Nc2cccc(Oc3cccnc3)n2)c1. The van der Waals surface area contributed by atoms with Gasteiger partial charge in [0.1, 0.15) is 11.6 Å². The predicted octanol–water partition coefficient (Wildman–Crippen LogP) is 3.83. The van der Waals surface area contributed by atoms with Crippen LogP contribution in [-0.2, 0) is 0 Å². The average molecular weight is 305 g/mol. The molecule has 1 N–H and O–H groups in total. The molecule has 0 radical (unpaired) electrons. The fraction of sp³-hybridized carbons (Fsp3) is 0.0556. The zero-order valence-electron chi connectivity index (χ0n) is 12.6. The van der Waals surface area contributed by atoms with Gasteiger partial charge in [-0.1, -0.05) is 23.8 Å². The maximum Gasteiger partial charge on any atom is 0.256 e. The molecule has 0 bridgehead atoms. The van der Waals surface area contributed by atoms with Crippen molar-refractivity contribution in [1.29, 1.82) is 0 Å². The molecule has 0 saturated carbocycles. The Morgan fingerprint density at radius 1 is 1.09 bits per heavy atom. The standard InChI is InChI=1S/C18H15N3O2/c1-13-5-2-6-14(11-13)18(22)21-16-8-3-9-17(20-16)23-15-7-4-10-19-12-15/h2-12H,1H3,(H,20,21,22). The van der Waals surface area contributed by atoms with Crippen LogP contribution in [0, 0.1) is 6.92 Å². The highest BCUT2D eigenvalue weighted by molar-refractivity contribution is 6.03. The lowest BCUT2D eigenvalue weighted by Gasteiger charge is -2.08. The van der Waals surface area contributed by atoms with Gasteiger partial charge in [-0.3, -0.25) is 9.78 Å². The number of carbonyl (C=O) groups excluding carboxylic acids is 1. The summed E-state index contributed by atoms with van der Waals surface area (Å²) in [5.41, 5.74) is 1.62. The third-order valence-corrected chi connectivity index (χ3v) is 3.10. The van der Waals surface area contributed by atoms with Crippen molar-refractivity contribution < 1.29 is 9.53 Å². The molecule has 0 fully saturated rings. The Labute approximate surface area is 134 Å². The maximum atomic E-state index is 12.2. The Morgan fingerprint density at radius 3 is 2.74 bits per heavy atom. The van der Waals surface area contributed by atoms with E-state index in [1.807, 2.05) is 25.1 Å². The van der Waals surface area contributed by atoms with Crippen molar-refractivity contribution in [2.24, 2.45) is 0 Å². The second kappa shape index (κ2) is 6.70. The number of hydrogen-bond acceptors (Lipinski definition) is 4. The van der Waals surface area contributed by atoms with Crippen LogP contribution in [-0.4, -0.2) is 15.9 Å². The van der Waals surface area contributed by atoms with Gasteiger partial charge in [-0.25, -0.2) is 0 Å². The lowest BCUT2D eigenvalue weighted by Crippen LogP contribution is -2.13. The zero-order chi connectivity index (χ0) is 16.1. The van der Waals surface area contributed by atoms with Crippen LogP contribution in [0.4, 0.5) is 5.82 Å². The molecular weight excluding hydrogens is 290 g/mol. The Bertz CT molecular complexity index is 819. The van der Waals surface area contributed by atoms with E-state index in [-0.39, 0.29) is 5.91 Å². The minimum absolute atomic E-state index is 0.209. The van der Waals surface area contributed by atoms with Gasteiger partial charge < -0.3 is 10.1 Å². The molecule has 1 amide bonds. The Balaban J connectivity index is 1.74. The number of carbonyl (C=O) groups is 1. The maximum absolute atomic E-state index is 12.2. The number of anilines is 1.